The molecule has 0 saturated heterocycles. The number of carbonyl (C=O) groups is 1. The number of hydrogen-bond acceptors (Lipinski definition) is 5. The van der Waals surface area contributed by atoms with Crippen LogP contribution in [0.2, 0.25) is 0 Å². The van der Waals surface area contributed by atoms with Crippen molar-refractivity contribution in [2.45, 2.75) is 39.7 Å². The van der Waals surface area contributed by atoms with Crippen molar-refractivity contribution in [3.8, 4) is 0 Å². The Hall–Kier alpha value is -2.31. The highest BCUT2D eigenvalue weighted by Gasteiger charge is 2.15. The van der Waals surface area contributed by atoms with Crippen molar-refractivity contribution in [3.63, 3.8) is 0 Å². The minimum absolute atomic E-state index is 0.0784. The maximum atomic E-state index is 11.4. The number of nitro groups is 1. The van der Waals surface area contributed by atoms with E-state index in [1.165, 1.54) is 12.1 Å². The van der Waals surface area contributed by atoms with Crippen LogP contribution in [-0.2, 0) is 4.74 Å². The lowest BCUT2D eigenvalue weighted by molar-refractivity contribution is -0.384. The number of ether oxygens (including phenoxy) is 1. The number of non-ortho nitro benzene ring substituents is 1. The SMILES string of the molecule is Cc1cc([N+](=O)[O-])ccc1NCCCNC(=O)OC(C)(C)C. The van der Waals surface area contributed by atoms with Gasteiger partial charge in [0, 0.05) is 30.9 Å². The molecule has 2 N–H and O–H groups in total. The molecule has 7 nitrogen and oxygen atoms in total. The molecule has 0 atom stereocenters. The molecule has 0 heterocycles. The van der Waals surface area contributed by atoms with Gasteiger partial charge in [-0.1, -0.05) is 0 Å². The van der Waals surface area contributed by atoms with Gasteiger partial charge in [-0.3, -0.25) is 10.1 Å². The molecule has 0 aliphatic heterocycles. The maximum absolute atomic E-state index is 11.4. The van der Waals surface area contributed by atoms with Gasteiger partial charge in [0.2, 0.25) is 0 Å². The van der Waals surface area contributed by atoms with Gasteiger partial charge in [0.25, 0.3) is 5.69 Å². The van der Waals surface area contributed by atoms with Crippen LogP contribution in [0.5, 0.6) is 0 Å². The summed E-state index contributed by atoms with van der Waals surface area (Å²) in [5.74, 6) is 0. The summed E-state index contributed by atoms with van der Waals surface area (Å²) in [5.41, 5.74) is 1.24. The van der Waals surface area contributed by atoms with E-state index in [0.717, 1.165) is 17.7 Å². The maximum Gasteiger partial charge on any atom is 0.407 e. The van der Waals surface area contributed by atoms with Crippen LogP contribution in [0.25, 0.3) is 0 Å². The third-order valence-corrected chi connectivity index (χ3v) is 2.76. The Kier molecular flexibility index (Phi) is 6.15. The van der Waals surface area contributed by atoms with E-state index in [1.807, 2.05) is 27.7 Å². The second-order valence-electron chi connectivity index (χ2n) is 5.97. The Morgan fingerprint density at radius 2 is 2.00 bits per heavy atom. The lowest BCUT2D eigenvalue weighted by Gasteiger charge is -2.19. The first-order valence-electron chi connectivity index (χ1n) is 7.15. The molecule has 0 unspecified atom stereocenters. The average Bonchev–Trinajstić information content (AvgIpc) is 2.37. The van der Waals surface area contributed by atoms with E-state index in [2.05, 4.69) is 10.6 Å². The zero-order valence-electron chi connectivity index (χ0n) is 13.4. The van der Waals surface area contributed by atoms with Gasteiger partial charge in [0.1, 0.15) is 5.60 Å². The Balaban J connectivity index is 2.31. The minimum atomic E-state index is -0.502. The number of hydrogen-bond donors (Lipinski definition) is 2. The van der Waals surface area contributed by atoms with Gasteiger partial charge in [-0.2, -0.15) is 0 Å². The lowest BCUT2D eigenvalue weighted by atomic mass is 10.2. The van der Waals surface area contributed by atoms with Crippen molar-refractivity contribution in [1.29, 1.82) is 0 Å². The van der Waals surface area contributed by atoms with Gasteiger partial charge < -0.3 is 15.4 Å². The molecule has 0 saturated carbocycles. The predicted molar refractivity (Wildman–Crippen MR) is 85.2 cm³/mol. The quantitative estimate of drug-likeness (QED) is 0.478. The summed E-state index contributed by atoms with van der Waals surface area (Å²) in [6, 6.07) is 4.68. The molecular weight excluding hydrogens is 286 g/mol. The number of nitrogens with zero attached hydrogens (tertiary/aromatic N) is 1. The van der Waals surface area contributed by atoms with Gasteiger partial charge in [-0.05, 0) is 45.7 Å². The van der Waals surface area contributed by atoms with E-state index in [0.29, 0.717) is 13.1 Å². The molecule has 122 valence electrons. The summed E-state index contributed by atoms with van der Waals surface area (Å²) >= 11 is 0. The molecule has 0 radical (unpaired) electrons. The van der Waals surface area contributed by atoms with Crippen LogP contribution in [0.1, 0.15) is 32.8 Å². The smallest absolute Gasteiger partial charge is 0.407 e. The first-order chi connectivity index (χ1) is 10.2. The number of nitro benzene ring substituents is 1. The second kappa shape index (κ2) is 7.63. The second-order valence-corrected chi connectivity index (χ2v) is 5.97. The number of benzene rings is 1. The number of alkyl carbamates (subject to hydrolysis) is 1. The molecule has 0 bridgehead atoms. The summed E-state index contributed by atoms with van der Waals surface area (Å²) in [6.07, 6.45) is 0.286. The molecule has 0 aliphatic carbocycles. The molecule has 1 rings (SSSR count). The van der Waals surface area contributed by atoms with Crippen LogP contribution in [0.15, 0.2) is 18.2 Å². The van der Waals surface area contributed by atoms with E-state index in [1.54, 1.807) is 6.07 Å². The lowest BCUT2D eigenvalue weighted by Crippen LogP contribution is -2.33. The summed E-state index contributed by atoms with van der Waals surface area (Å²) < 4.78 is 5.12. The molecule has 0 spiro atoms. The molecule has 7 heteroatoms. The molecule has 0 aliphatic rings. The Morgan fingerprint density at radius 3 is 2.55 bits per heavy atom. The molecule has 22 heavy (non-hydrogen) atoms. The topological polar surface area (TPSA) is 93.5 Å². The largest absolute Gasteiger partial charge is 0.444 e. The van der Waals surface area contributed by atoms with Gasteiger partial charge in [-0.25, -0.2) is 4.79 Å². The third kappa shape index (κ3) is 6.43. The van der Waals surface area contributed by atoms with Crippen LogP contribution in [0.3, 0.4) is 0 Å². The van der Waals surface area contributed by atoms with Crippen molar-refractivity contribution < 1.29 is 14.5 Å². The van der Waals surface area contributed by atoms with Crippen LogP contribution >= 0.6 is 0 Å². The third-order valence-electron chi connectivity index (χ3n) is 2.76. The Labute approximate surface area is 130 Å². The zero-order valence-corrected chi connectivity index (χ0v) is 13.4. The molecular formula is C15H23N3O4. The summed E-state index contributed by atoms with van der Waals surface area (Å²) in [7, 11) is 0. The number of nitrogens with one attached hydrogen (secondary N) is 2. The number of rotatable bonds is 6. The summed E-state index contributed by atoms with van der Waals surface area (Å²) in [6.45, 7) is 8.39. The number of carbonyl (C=O) groups excluding carboxylic acids is 1. The van der Waals surface area contributed by atoms with E-state index in [9.17, 15) is 14.9 Å². The van der Waals surface area contributed by atoms with E-state index >= 15 is 0 Å². The van der Waals surface area contributed by atoms with E-state index in [4.69, 9.17) is 4.74 Å². The fourth-order valence-electron chi connectivity index (χ4n) is 1.78. The van der Waals surface area contributed by atoms with Crippen LogP contribution in [0, 0.1) is 17.0 Å². The first-order valence-corrected chi connectivity index (χ1v) is 7.15. The van der Waals surface area contributed by atoms with Crippen molar-refractivity contribution in [2.24, 2.45) is 0 Å². The van der Waals surface area contributed by atoms with Crippen molar-refractivity contribution in [1.82, 2.24) is 5.32 Å². The highest BCUT2D eigenvalue weighted by Crippen LogP contribution is 2.20. The fraction of sp³-hybridized carbons (Fsp3) is 0.533. The first kappa shape index (κ1) is 17.7. The van der Waals surface area contributed by atoms with Crippen LogP contribution in [0.4, 0.5) is 16.2 Å². The zero-order chi connectivity index (χ0) is 16.8. The number of aryl methyl sites for hydroxylation is 1. The molecule has 1 aromatic carbocycles. The van der Waals surface area contributed by atoms with Gasteiger partial charge >= 0.3 is 6.09 Å². The summed E-state index contributed by atoms with van der Waals surface area (Å²) in [5, 5.41) is 16.5. The molecule has 0 fully saturated rings. The van der Waals surface area contributed by atoms with E-state index < -0.39 is 16.6 Å². The van der Waals surface area contributed by atoms with E-state index in [-0.39, 0.29) is 5.69 Å². The normalized spacial score (nSPS) is 10.9. The molecule has 1 amide bonds. The highest BCUT2D eigenvalue weighted by atomic mass is 16.6. The molecule has 1 aromatic rings. The Morgan fingerprint density at radius 1 is 1.32 bits per heavy atom. The number of anilines is 1. The highest BCUT2D eigenvalue weighted by molar-refractivity contribution is 5.67. The monoisotopic (exact) mass is 309 g/mol. The average molecular weight is 309 g/mol. The Bertz CT molecular complexity index is 538. The van der Waals surface area contributed by atoms with Gasteiger partial charge in [0.05, 0.1) is 4.92 Å². The summed E-state index contributed by atoms with van der Waals surface area (Å²) in [4.78, 5) is 21.7. The van der Waals surface area contributed by atoms with Crippen molar-refractivity contribution in [2.75, 3.05) is 18.4 Å². The van der Waals surface area contributed by atoms with Gasteiger partial charge in [-0.15, -0.1) is 0 Å². The van der Waals surface area contributed by atoms with Gasteiger partial charge in [0.15, 0.2) is 0 Å². The number of amides is 1. The van der Waals surface area contributed by atoms with Crippen molar-refractivity contribution in [3.05, 3.63) is 33.9 Å². The minimum Gasteiger partial charge on any atom is -0.444 e. The predicted octanol–water partition coefficient (Wildman–Crippen LogP) is 3.23. The van der Waals surface area contributed by atoms with Crippen LogP contribution < -0.4 is 10.6 Å². The standard InChI is InChI=1S/C15H23N3O4/c1-11-10-12(18(20)21)6-7-13(11)16-8-5-9-17-14(19)22-15(2,3)4/h6-7,10,16H,5,8-9H2,1-4H3,(H,17,19). The fourth-order valence-corrected chi connectivity index (χ4v) is 1.78. The van der Waals surface area contributed by atoms with Crippen molar-refractivity contribution >= 4 is 17.5 Å². The molecule has 0 aromatic heterocycles. The van der Waals surface area contributed by atoms with Crippen LogP contribution in [-0.4, -0.2) is 29.7 Å².